The lowest BCUT2D eigenvalue weighted by Crippen LogP contribution is -2.10. The quantitative estimate of drug-likeness (QED) is 0.150. The smallest absolute Gasteiger partial charge is 0.136 e. The van der Waals surface area contributed by atoms with Gasteiger partial charge in [-0.2, -0.15) is 0 Å². The fourth-order valence-corrected chi connectivity index (χ4v) is 7.09. The van der Waals surface area contributed by atoms with E-state index in [2.05, 4.69) is 167 Å². The van der Waals surface area contributed by atoms with Crippen molar-refractivity contribution in [2.24, 2.45) is 0 Å². The highest BCUT2D eigenvalue weighted by Crippen LogP contribution is 2.41. The highest BCUT2D eigenvalue weighted by atomic mass is 79.9. The van der Waals surface area contributed by atoms with Crippen LogP contribution in [0, 0.1) is 0 Å². The highest BCUT2D eigenvalue weighted by Gasteiger charge is 2.17. The van der Waals surface area contributed by atoms with E-state index >= 15 is 0 Å². The third-order valence-corrected chi connectivity index (χ3v) is 9.70. The Bertz CT molecular complexity index is 2390. The first kappa shape index (κ1) is 30.0. The van der Waals surface area contributed by atoms with Crippen molar-refractivity contribution < 1.29 is 4.42 Å². The molecule has 0 spiro atoms. The minimum atomic E-state index is 0.888. The number of aryl methyl sites for hydroxylation is 2. The van der Waals surface area contributed by atoms with Crippen LogP contribution in [0.1, 0.15) is 23.1 Å². The van der Waals surface area contributed by atoms with E-state index in [1.807, 2.05) is 18.2 Å². The van der Waals surface area contributed by atoms with Gasteiger partial charge in [0.15, 0.2) is 0 Å². The minimum Gasteiger partial charge on any atom is -0.456 e. The molecule has 0 N–H and O–H groups in total. The molecule has 2 nitrogen and oxygen atoms in total. The van der Waals surface area contributed by atoms with Crippen LogP contribution < -0.4 is 4.90 Å². The number of benzene rings is 7. The van der Waals surface area contributed by atoms with Gasteiger partial charge in [0.25, 0.3) is 0 Å². The average Bonchev–Trinajstić information content (AvgIpc) is 3.50. The van der Waals surface area contributed by atoms with E-state index in [9.17, 15) is 0 Å². The Labute approximate surface area is 289 Å². The maximum atomic E-state index is 6.34. The molecule has 0 atom stereocenters. The number of para-hydroxylation sites is 1. The molecule has 0 bridgehead atoms. The van der Waals surface area contributed by atoms with Crippen molar-refractivity contribution in [1.82, 2.24) is 0 Å². The van der Waals surface area contributed by atoms with Gasteiger partial charge in [-0.1, -0.05) is 114 Å². The van der Waals surface area contributed by atoms with Crippen LogP contribution >= 0.6 is 15.9 Å². The highest BCUT2D eigenvalue weighted by molar-refractivity contribution is 9.10. The van der Waals surface area contributed by atoms with E-state index in [1.54, 1.807) is 0 Å². The summed E-state index contributed by atoms with van der Waals surface area (Å²) in [7, 11) is 0. The molecular weight excluding hydrogens is 650 g/mol. The topological polar surface area (TPSA) is 16.4 Å². The van der Waals surface area contributed by atoms with Gasteiger partial charge in [-0.3, -0.25) is 0 Å². The van der Waals surface area contributed by atoms with Crippen molar-refractivity contribution >= 4 is 71.8 Å². The molecule has 48 heavy (non-hydrogen) atoms. The van der Waals surface area contributed by atoms with Crippen LogP contribution in [0.15, 0.2) is 167 Å². The van der Waals surface area contributed by atoms with Crippen LogP contribution in [0.3, 0.4) is 0 Å². The second-order valence-electron chi connectivity index (χ2n) is 12.3. The molecule has 0 saturated heterocycles. The first-order valence-electron chi connectivity index (χ1n) is 16.4. The average molecular weight is 685 g/mol. The Morgan fingerprint density at radius 3 is 2.04 bits per heavy atom. The van der Waals surface area contributed by atoms with Gasteiger partial charge < -0.3 is 9.32 Å². The Kier molecular flexibility index (Phi) is 8.13. The molecule has 0 unspecified atom stereocenters. The molecule has 0 amide bonds. The summed E-state index contributed by atoms with van der Waals surface area (Å²) >= 11 is 3.62. The number of fused-ring (bicyclic) bond motifs is 4. The molecule has 0 aliphatic heterocycles. The van der Waals surface area contributed by atoms with Crippen molar-refractivity contribution in [2.45, 2.75) is 19.3 Å². The molecule has 0 radical (unpaired) electrons. The zero-order valence-corrected chi connectivity index (χ0v) is 28.2. The molecule has 1 heterocycles. The molecule has 3 heteroatoms. The maximum absolute atomic E-state index is 6.34. The van der Waals surface area contributed by atoms with Gasteiger partial charge in [-0.25, -0.2) is 0 Å². The van der Waals surface area contributed by atoms with E-state index < -0.39 is 0 Å². The molecule has 8 rings (SSSR count). The Morgan fingerprint density at radius 2 is 1.27 bits per heavy atom. The second-order valence-corrected chi connectivity index (χ2v) is 13.2. The lowest BCUT2D eigenvalue weighted by Gasteiger charge is -2.27. The predicted molar refractivity (Wildman–Crippen MR) is 208 cm³/mol. The van der Waals surface area contributed by atoms with Gasteiger partial charge in [0.05, 0.1) is 0 Å². The third-order valence-electron chi connectivity index (χ3n) is 9.20. The molecule has 8 aromatic rings. The monoisotopic (exact) mass is 683 g/mol. The summed E-state index contributed by atoms with van der Waals surface area (Å²) in [6.45, 7) is 3.86. The van der Waals surface area contributed by atoms with Crippen LogP contribution in [-0.4, -0.2) is 0 Å². The van der Waals surface area contributed by atoms with Crippen molar-refractivity contribution in [3.05, 3.63) is 179 Å². The van der Waals surface area contributed by atoms with Crippen LogP contribution in [0.4, 0.5) is 17.1 Å². The first-order valence-corrected chi connectivity index (χ1v) is 17.2. The fraction of sp³-hybridized carbons (Fsp3) is 0.0667. The van der Waals surface area contributed by atoms with Gasteiger partial charge in [-0.15, -0.1) is 0 Å². The lowest BCUT2D eigenvalue weighted by molar-refractivity contribution is 0.669. The molecule has 0 aliphatic rings. The van der Waals surface area contributed by atoms with Crippen LogP contribution in [0.5, 0.6) is 0 Å². The van der Waals surface area contributed by atoms with Gasteiger partial charge in [0.1, 0.15) is 11.2 Å². The number of hydrogen-bond acceptors (Lipinski definition) is 2. The zero-order valence-electron chi connectivity index (χ0n) is 26.6. The summed E-state index contributed by atoms with van der Waals surface area (Å²) in [6.07, 6.45) is 5.10. The van der Waals surface area contributed by atoms with Crippen molar-refractivity contribution in [1.29, 1.82) is 0 Å². The number of nitrogens with zero attached hydrogens (tertiary/aromatic N) is 1. The fourth-order valence-electron chi connectivity index (χ4n) is 6.73. The number of furan rings is 1. The molecular formula is C45H34BrNO. The summed E-state index contributed by atoms with van der Waals surface area (Å²) < 4.78 is 7.38. The molecule has 0 aliphatic carbocycles. The normalized spacial score (nSPS) is 11.4. The maximum Gasteiger partial charge on any atom is 0.136 e. The minimum absolute atomic E-state index is 0.888. The molecule has 232 valence electrons. The molecule has 0 saturated carbocycles. The molecule has 0 fully saturated rings. The summed E-state index contributed by atoms with van der Waals surface area (Å²) in [4.78, 5) is 2.36. The number of anilines is 3. The lowest BCUT2D eigenvalue weighted by atomic mass is 9.96. The summed E-state index contributed by atoms with van der Waals surface area (Å²) in [5.74, 6) is 0. The number of hydrogen-bond donors (Lipinski definition) is 0. The van der Waals surface area contributed by atoms with Crippen molar-refractivity contribution in [2.75, 3.05) is 4.90 Å². The van der Waals surface area contributed by atoms with E-state index in [0.717, 1.165) is 73.9 Å². The van der Waals surface area contributed by atoms with Crippen LogP contribution in [-0.2, 0) is 12.8 Å². The predicted octanol–water partition coefficient (Wildman–Crippen LogP) is 13.5. The van der Waals surface area contributed by atoms with Crippen LogP contribution in [0.25, 0.3) is 49.9 Å². The Balaban J connectivity index is 1.16. The van der Waals surface area contributed by atoms with E-state index in [1.165, 1.54) is 27.5 Å². The Morgan fingerprint density at radius 1 is 0.562 bits per heavy atom. The van der Waals surface area contributed by atoms with Crippen molar-refractivity contribution in [3.63, 3.8) is 0 Å². The number of halogens is 1. The first-order chi connectivity index (χ1) is 23.6. The molecule has 7 aromatic carbocycles. The standard InChI is InChI=1S/C45H34BrNO/c1-2-31-15-17-32(18-16-31)9-8-10-33-19-23-38(24-20-33)47(37-12-4-3-5-13-37)39-27-34-11-6-7-14-40(34)42(30-39)35-21-25-41-43-29-36(46)22-26-44(43)48-45(41)28-35/h2-7,11-30H,1,8-10H2. The van der Waals surface area contributed by atoms with E-state index in [4.69, 9.17) is 4.42 Å². The summed E-state index contributed by atoms with van der Waals surface area (Å²) in [6, 6.07) is 54.5. The number of rotatable bonds is 9. The molecule has 1 aromatic heterocycles. The Hall–Kier alpha value is -5.38. The van der Waals surface area contributed by atoms with Gasteiger partial charge in [0.2, 0.25) is 0 Å². The van der Waals surface area contributed by atoms with Crippen LogP contribution in [0.2, 0.25) is 0 Å². The zero-order chi connectivity index (χ0) is 32.5. The van der Waals surface area contributed by atoms with E-state index in [-0.39, 0.29) is 0 Å². The van der Waals surface area contributed by atoms with Gasteiger partial charge in [-0.05, 0) is 125 Å². The van der Waals surface area contributed by atoms with Gasteiger partial charge >= 0.3 is 0 Å². The van der Waals surface area contributed by atoms with E-state index in [0.29, 0.717) is 0 Å². The largest absolute Gasteiger partial charge is 0.456 e. The summed E-state index contributed by atoms with van der Waals surface area (Å²) in [5, 5.41) is 4.64. The van der Waals surface area contributed by atoms with Gasteiger partial charge in [0, 0.05) is 32.3 Å². The third kappa shape index (κ3) is 5.94. The second kappa shape index (κ2) is 13.0. The summed E-state index contributed by atoms with van der Waals surface area (Å²) in [5.41, 5.74) is 11.3. The SMILES string of the molecule is C=Cc1ccc(CCCc2ccc(N(c3ccccc3)c3cc(-c4ccc5c(c4)oc4ccc(Br)cc45)c4ccccc4c3)cc2)cc1. The van der Waals surface area contributed by atoms with Crippen molar-refractivity contribution in [3.8, 4) is 11.1 Å².